The standard InChI is InChI=1S/C7H8FN.C2H2/c8-7-3-1-2-6(4-7)5-9;1-2/h1-4H,5,9H2;1-2H. The smallest absolute Gasteiger partial charge is 0.123 e. The summed E-state index contributed by atoms with van der Waals surface area (Å²) >= 11 is 0. The van der Waals surface area contributed by atoms with E-state index in [2.05, 4.69) is 12.8 Å². The van der Waals surface area contributed by atoms with Gasteiger partial charge in [-0.1, -0.05) is 12.1 Å². The van der Waals surface area contributed by atoms with Crippen molar-refractivity contribution in [3.8, 4) is 12.8 Å². The largest absolute Gasteiger partial charge is 0.326 e. The fourth-order valence-electron chi connectivity index (χ4n) is 0.664. The van der Waals surface area contributed by atoms with Crippen molar-refractivity contribution in [2.75, 3.05) is 0 Å². The summed E-state index contributed by atoms with van der Waals surface area (Å²) in [5.41, 5.74) is 6.08. The molecule has 2 N–H and O–H groups in total. The molecule has 58 valence electrons. The Morgan fingerprint density at radius 1 is 1.36 bits per heavy atom. The summed E-state index contributed by atoms with van der Waals surface area (Å²) < 4.78 is 12.3. The minimum atomic E-state index is -0.224. The highest BCUT2D eigenvalue weighted by Crippen LogP contribution is 2.00. The van der Waals surface area contributed by atoms with Crippen LogP contribution in [0.4, 0.5) is 4.39 Å². The van der Waals surface area contributed by atoms with Crippen molar-refractivity contribution in [1.82, 2.24) is 0 Å². The zero-order valence-electron chi connectivity index (χ0n) is 6.13. The van der Waals surface area contributed by atoms with Crippen molar-refractivity contribution < 1.29 is 4.39 Å². The maximum absolute atomic E-state index is 12.3. The lowest BCUT2D eigenvalue weighted by molar-refractivity contribution is 0.625. The van der Waals surface area contributed by atoms with E-state index in [1.165, 1.54) is 12.1 Å². The first-order valence-electron chi connectivity index (χ1n) is 3.11. The molecule has 0 radical (unpaired) electrons. The summed E-state index contributed by atoms with van der Waals surface area (Å²) in [5, 5.41) is 0. The van der Waals surface area contributed by atoms with E-state index in [4.69, 9.17) is 5.73 Å². The van der Waals surface area contributed by atoms with Crippen LogP contribution in [0.3, 0.4) is 0 Å². The monoisotopic (exact) mass is 151 g/mol. The molecule has 2 heteroatoms. The lowest BCUT2D eigenvalue weighted by Crippen LogP contribution is -1.95. The number of hydrogen-bond donors (Lipinski definition) is 1. The fraction of sp³-hybridized carbons (Fsp3) is 0.111. The molecule has 0 aliphatic heterocycles. The van der Waals surface area contributed by atoms with E-state index in [0.29, 0.717) is 6.54 Å². The van der Waals surface area contributed by atoms with Gasteiger partial charge in [-0.15, -0.1) is 12.8 Å². The van der Waals surface area contributed by atoms with Crippen LogP contribution >= 0.6 is 0 Å². The van der Waals surface area contributed by atoms with Gasteiger partial charge < -0.3 is 5.73 Å². The maximum Gasteiger partial charge on any atom is 0.123 e. The van der Waals surface area contributed by atoms with Gasteiger partial charge in [-0.2, -0.15) is 0 Å². The van der Waals surface area contributed by atoms with Gasteiger partial charge in [-0.3, -0.25) is 0 Å². The number of halogens is 1. The molecule has 0 aliphatic carbocycles. The first kappa shape index (κ1) is 9.67. The van der Waals surface area contributed by atoms with Crippen molar-refractivity contribution >= 4 is 0 Å². The molecule has 0 spiro atoms. The van der Waals surface area contributed by atoms with Crippen LogP contribution < -0.4 is 5.73 Å². The van der Waals surface area contributed by atoms with Gasteiger partial charge >= 0.3 is 0 Å². The Morgan fingerprint density at radius 2 is 2.00 bits per heavy atom. The van der Waals surface area contributed by atoms with Crippen LogP contribution in [0.25, 0.3) is 0 Å². The molecule has 1 aromatic carbocycles. The Morgan fingerprint density at radius 3 is 2.36 bits per heavy atom. The van der Waals surface area contributed by atoms with Crippen molar-refractivity contribution in [2.24, 2.45) is 5.73 Å². The molecule has 1 rings (SSSR count). The zero-order valence-corrected chi connectivity index (χ0v) is 6.13. The van der Waals surface area contributed by atoms with Crippen molar-refractivity contribution in [2.45, 2.75) is 6.54 Å². The highest BCUT2D eigenvalue weighted by molar-refractivity contribution is 5.15. The molecule has 0 bridgehead atoms. The van der Waals surface area contributed by atoms with Crippen LogP contribution in [0.15, 0.2) is 24.3 Å². The molecular weight excluding hydrogens is 141 g/mol. The molecule has 11 heavy (non-hydrogen) atoms. The van der Waals surface area contributed by atoms with E-state index in [9.17, 15) is 4.39 Å². The fourth-order valence-corrected chi connectivity index (χ4v) is 0.664. The molecule has 1 nitrogen and oxygen atoms in total. The molecular formula is C9H10FN. The Balaban J connectivity index is 0.000000461. The third-order valence-electron chi connectivity index (χ3n) is 1.12. The topological polar surface area (TPSA) is 26.0 Å². The second-order valence-corrected chi connectivity index (χ2v) is 1.83. The summed E-state index contributed by atoms with van der Waals surface area (Å²) in [4.78, 5) is 0. The lowest BCUT2D eigenvalue weighted by Gasteiger charge is -1.92. The lowest BCUT2D eigenvalue weighted by atomic mass is 10.2. The summed E-state index contributed by atoms with van der Waals surface area (Å²) in [6, 6.07) is 6.28. The van der Waals surface area contributed by atoms with Gasteiger partial charge in [0.15, 0.2) is 0 Å². The summed E-state index contributed by atoms with van der Waals surface area (Å²) in [7, 11) is 0. The molecule has 0 amide bonds. The Hall–Kier alpha value is -1.33. The van der Waals surface area contributed by atoms with Gasteiger partial charge in [0.25, 0.3) is 0 Å². The third-order valence-corrected chi connectivity index (χ3v) is 1.12. The minimum absolute atomic E-state index is 0.224. The van der Waals surface area contributed by atoms with E-state index in [0.717, 1.165) is 5.56 Å². The third kappa shape index (κ3) is 3.39. The predicted molar refractivity (Wildman–Crippen MR) is 44.2 cm³/mol. The van der Waals surface area contributed by atoms with Crippen LogP contribution in [-0.2, 0) is 6.54 Å². The number of nitrogens with two attached hydrogens (primary N) is 1. The molecule has 0 heterocycles. The van der Waals surface area contributed by atoms with Gasteiger partial charge in [-0.05, 0) is 17.7 Å². The van der Waals surface area contributed by atoms with E-state index in [1.807, 2.05) is 0 Å². The molecule has 1 aromatic rings. The van der Waals surface area contributed by atoms with Crippen LogP contribution in [0.5, 0.6) is 0 Å². The highest BCUT2D eigenvalue weighted by Gasteiger charge is 1.89. The van der Waals surface area contributed by atoms with Gasteiger partial charge in [-0.25, -0.2) is 4.39 Å². The average Bonchev–Trinajstić information content (AvgIpc) is 2.08. The summed E-state index contributed by atoms with van der Waals surface area (Å²) in [5.74, 6) is -0.224. The first-order chi connectivity index (χ1) is 5.33. The number of rotatable bonds is 1. The molecule has 0 aromatic heterocycles. The average molecular weight is 151 g/mol. The van der Waals surface area contributed by atoms with Crippen molar-refractivity contribution in [3.63, 3.8) is 0 Å². The quantitative estimate of drug-likeness (QED) is 0.605. The Kier molecular flexibility index (Phi) is 4.80. The van der Waals surface area contributed by atoms with Gasteiger partial charge in [0, 0.05) is 6.54 Å². The predicted octanol–water partition coefficient (Wildman–Crippen LogP) is 1.53. The summed E-state index contributed by atoms with van der Waals surface area (Å²) in [6.07, 6.45) is 8.00. The van der Waals surface area contributed by atoms with Crippen molar-refractivity contribution in [1.29, 1.82) is 0 Å². The van der Waals surface area contributed by atoms with E-state index >= 15 is 0 Å². The molecule has 0 saturated heterocycles. The number of benzene rings is 1. The minimum Gasteiger partial charge on any atom is -0.326 e. The zero-order chi connectivity index (χ0) is 8.69. The second-order valence-electron chi connectivity index (χ2n) is 1.83. The normalized spacial score (nSPS) is 8.00. The van der Waals surface area contributed by atoms with E-state index in [-0.39, 0.29) is 5.82 Å². The van der Waals surface area contributed by atoms with Crippen molar-refractivity contribution in [3.05, 3.63) is 35.6 Å². The van der Waals surface area contributed by atoms with Crippen LogP contribution in [0, 0.1) is 18.7 Å². The van der Waals surface area contributed by atoms with Gasteiger partial charge in [0.2, 0.25) is 0 Å². The van der Waals surface area contributed by atoms with Crippen LogP contribution in [0.2, 0.25) is 0 Å². The first-order valence-corrected chi connectivity index (χ1v) is 3.11. The Labute approximate surface area is 66.0 Å². The van der Waals surface area contributed by atoms with Crippen LogP contribution in [0.1, 0.15) is 5.56 Å². The van der Waals surface area contributed by atoms with E-state index < -0.39 is 0 Å². The Bertz CT molecular complexity index is 230. The maximum atomic E-state index is 12.3. The number of terminal acetylenes is 1. The van der Waals surface area contributed by atoms with E-state index in [1.54, 1.807) is 12.1 Å². The summed E-state index contributed by atoms with van der Waals surface area (Å²) in [6.45, 7) is 0.401. The molecule has 0 atom stereocenters. The SMILES string of the molecule is C#C.NCc1cccc(F)c1. The van der Waals surface area contributed by atoms with Gasteiger partial charge in [0.05, 0.1) is 0 Å². The molecule has 0 aliphatic rings. The highest BCUT2D eigenvalue weighted by atomic mass is 19.1. The van der Waals surface area contributed by atoms with Gasteiger partial charge in [0.1, 0.15) is 5.82 Å². The molecule has 0 saturated carbocycles. The second kappa shape index (κ2) is 5.45. The molecule has 0 unspecified atom stereocenters. The molecule has 0 fully saturated rings. The van der Waals surface area contributed by atoms with Crippen LogP contribution in [-0.4, -0.2) is 0 Å². The number of hydrogen-bond acceptors (Lipinski definition) is 1.